The van der Waals surface area contributed by atoms with Gasteiger partial charge in [-0.1, -0.05) is 0 Å². The van der Waals surface area contributed by atoms with Gasteiger partial charge in [-0.15, -0.1) is 11.3 Å². The molecule has 0 aliphatic rings. The van der Waals surface area contributed by atoms with Gasteiger partial charge in [-0.3, -0.25) is 4.72 Å². The molecule has 24 heavy (non-hydrogen) atoms. The van der Waals surface area contributed by atoms with Crippen molar-refractivity contribution in [2.75, 3.05) is 4.72 Å². The molecule has 0 saturated carbocycles. The first-order valence-electron chi connectivity index (χ1n) is 6.55. The van der Waals surface area contributed by atoms with Gasteiger partial charge in [0, 0.05) is 6.20 Å². The molecule has 0 aliphatic heterocycles. The molecule has 2 N–H and O–H groups in total. The standard InChI is InChI=1S/C15H9F2N3O2S2/c16-11-3-4-23-15(11)14-6-10(8-19-14)24(21,22)20-13-2-1-9(7-18)5-12(13)17/h1-6,8,19-20H. The fourth-order valence-electron chi connectivity index (χ4n) is 2.02. The number of aromatic amines is 1. The second kappa shape index (κ2) is 6.07. The maximum atomic E-state index is 13.8. The van der Waals surface area contributed by atoms with Crippen molar-refractivity contribution in [2.24, 2.45) is 0 Å². The van der Waals surface area contributed by atoms with E-state index in [2.05, 4.69) is 9.71 Å². The second-order valence-corrected chi connectivity index (χ2v) is 7.36. The monoisotopic (exact) mass is 365 g/mol. The molecule has 0 bridgehead atoms. The Morgan fingerprint density at radius 1 is 1.17 bits per heavy atom. The number of nitrogens with one attached hydrogen (secondary N) is 2. The molecule has 0 spiro atoms. The van der Waals surface area contributed by atoms with Crippen LogP contribution < -0.4 is 4.72 Å². The summed E-state index contributed by atoms with van der Waals surface area (Å²) in [6.45, 7) is 0. The van der Waals surface area contributed by atoms with Gasteiger partial charge in [0.25, 0.3) is 10.0 Å². The first-order valence-corrected chi connectivity index (χ1v) is 8.91. The molecule has 0 aliphatic carbocycles. The minimum absolute atomic E-state index is 0.0764. The molecule has 0 fully saturated rings. The van der Waals surface area contributed by atoms with Crippen molar-refractivity contribution < 1.29 is 17.2 Å². The molecule has 0 saturated heterocycles. The molecule has 0 unspecified atom stereocenters. The van der Waals surface area contributed by atoms with E-state index in [0.29, 0.717) is 5.69 Å². The predicted octanol–water partition coefficient (Wildman–Crippen LogP) is 3.69. The summed E-state index contributed by atoms with van der Waals surface area (Å²) in [5, 5.41) is 10.2. The lowest BCUT2D eigenvalue weighted by Gasteiger charge is -2.07. The summed E-state index contributed by atoms with van der Waals surface area (Å²) in [5.74, 6) is -1.32. The molecule has 2 heterocycles. The smallest absolute Gasteiger partial charge is 0.263 e. The quantitative estimate of drug-likeness (QED) is 0.739. The number of nitriles is 1. The molecule has 3 rings (SSSR count). The van der Waals surface area contributed by atoms with Crippen molar-refractivity contribution in [1.82, 2.24) is 4.98 Å². The number of nitrogens with zero attached hydrogens (tertiary/aromatic N) is 1. The van der Waals surface area contributed by atoms with Crippen molar-refractivity contribution in [3.8, 4) is 16.6 Å². The lowest BCUT2D eigenvalue weighted by Crippen LogP contribution is -2.13. The number of thiophene rings is 1. The Morgan fingerprint density at radius 3 is 2.58 bits per heavy atom. The SMILES string of the molecule is N#Cc1ccc(NS(=O)(=O)c2c[nH]c(-c3sccc3F)c2)c(F)c1. The molecule has 0 atom stereocenters. The fourth-order valence-corrected chi connectivity index (χ4v) is 3.83. The first kappa shape index (κ1) is 16.2. The van der Waals surface area contributed by atoms with Gasteiger partial charge in [0.1, 0.15) is 16.5 Å². The summed E-state index contributed by atoms with van der Waals surface area (Å²) in [4.78, 5) is 2.81. The number of halogens is 2. The lowest BCUT2D eigenvalue weighted by molar-refractivity contribution is 0.598. The van der Waals surface area contributed by atoms with Crippen molar-refractivity contribution >= 4 is 27.0 Å². The minimum Gasteiger partial charge on any atom is -0.359 e. The topological polar surface area (TPSA) is 85.8 Å². The van der Waals surface area contributed by atoms with E-state index in [9.17, 15) is 17.2 Å². The molecule has 122 valence electrons. The van der Waals surface area contributed by atoms with E-state index in [-0.39, 0.29) is 21.0 Å². The van der Waals surface area contributed by atoms with E-state index in [1.54, 1.807) is 11.4 Å². The second-order valence-electron chi connectivity index (χ2n) is 4.76. The Kier molecular flexibility index (Phi) is 4.09. The van der Waals surface area contributed by atoms with Gasteiger partial charge in [0.2, 0.25) is 0 Å². The number of anilines is 1. The van der Waals surface area contributed by atoms with Crippen LogP contribution in [0, 0.1) is 23.0 Å². The maximum Gasteiger partial charge on any atom is 0.263 e. The molecule has 0 amide bonds. The summed E-state index contributed by atoms with van der Waals surface area (Å²) in [7, 11) is -4.06. The van der Waals surface area contributed by atoms with Gasteiger partial charge in [-0.05, 0) is 35.7 Å². The summed E-state index contributed by atoms with van der Waals surface area (Å²) in [6.07, 6.45) is 1.19. The Balaban J connectivity index is 1.91. The molecule has 9 heteroatoms. The minimum atomic E-state index is -4.06. The number of rotatable bonds is 4. The highest BCUT2D eigenvalue weighted by atomic mass is 32.2. The van der Waals surface area contributed by atoms with E-state index in [1.807, 2.05) is 0 Å². The highest BCUT2D eigenvalue weighted by Crippen LogP contribution is 2.29. The van der Waals surface area contributed by atoms with E-state index >= 15 is 0 Å². The molecule has 1 aromatic carbocycles. The van der Waals surface area contributed by atoms with Crippen molar-refractivity contribution in [2.45, 2.75) is 4.90 Å². The van der Waals surface area contributed by atoms with E-state index < -0.39 is 21.7 Å². The number of aromatic nitrogens is 1. The van der Waals surface area contributed by atoms with Crippen molar-refractivity contribution in [1.29, 1.82) is 5.26 Å². The number of H-pyrrole nitrogens is 1. The van der Waals surface area contributed by atoms with E-state index in [1.165, 1.54) is 24.4 Å². The Labute approximate surface area is 140 Å². The normalized spacial score (nSPS) is 11.2. The third-order valence-corrected chi connectivity index (χ3v) is 5.44. The zero-order valence-corrected chi connectivity index (χ0v) is 13.5. The number of hydrogen-bond acceptors (Lipinski definition) is 4. The number of hydrogen-bond donors (Lipinski definition) is 2. The summed E-state index contributed by atoms with van der Waals surface area (Å²) in [5.41, 5.74) is 0.106. The van der Waals surface area contributed by atoms with Crippen LogP contribution >= 0.6 is 11.3 Å². The first-order chi connectivity index (χ1) is 11.4. The number of benzene rings is 1. The Bertz CT molecular complexity index is 1050. The highest BCUT2D eigenvalue weighted by Gasteiger charge is 2.20. The maximum absolute atomic E-state index is 13.8. The molecular formula is C15H9F2N3O2S2. The number of sulfonamides is 1. The van der Waals surface area contributed by atoms with Crippen LogP contribution in [0.15, 0.2) is 46.8 Å². The van der Waals surface area contributed by atoms with Crippen LogP contribution in [0.2, 0.25) is 0 Å². The van der Waals surface area contributed by atoms with E-state index in [0.717, 1.165) is 23.5 Å². The highest BCUT2D eigenvalue weighted by molar-refractivity contribution is 7.92. The average molecular weight is 365 g/mol. The van der Waals surface area contributed by atoms with Crippen LogP contribution in [-0.4, -0.2) is 13.4 Å². The van der Waals surface area contributed by atoms with Crippen LogP contribution in [0.1, 0.15) is 5.56 Å². The third kappa shape index (κ3) is 3.02. The van der Waals surface area contributed by atoms with E-state index in [4.69, 9.17) is 5.26 Å². The van der Waals surface area contributed by atoms with Crippen LogP contribution in [0.3, 0.4) is 0 Å². The average Bonchev–Trinajstić information content (AvgIpc) is 3.18. The van der Waals surface area contributed by atoms with Gasteiger partial charge in [-0.25, -0.2) is 17.2 Å². The summed E-state index contributed by atoms with van der Waals surface area (Å²) in [6, 6.07) is 7.69. The fraction of sp³-hybridized carbons (Fsp3) is 0. The molecular weight excluding hydrogens is 356 g/mol. The summed E-state index contributed by atoms with van der Waals surface area (Å²) < 4.78 is 54.1. The molecule has 5 nitrogen and oxygen atoms in total. The van der Waals surface area contributed by atoms with Crippen molar-refractivity contribution in [3.63, 3.8) is 0 Å². The lowest BCUT2D eigenvalue weighted by atomic mass is 10.2. The predicted molar refractivity (Wildman–Crippen MR) is 86.0 cm³/mol. The van der Waals surface area contributed by atoms with Gasteiger partial charge < -0.3 is 4.98 Å². The van der Waals surface area contributed by atoms with Crippen LogP contribution in [0.5, 0.6) is 0 Å². The van der Waals surface area contributed by atoms with Gasteiger partial charge >= 0.3 is 0 Å². The molecule has 3 aromatic rings. The zero-order chi connectivity index (χ0) is 17.3. The van der Waals surface area contributed by atoms with Crippen LogP contribution in [0.4, 0.5) is 14.5 Å². The van der Waals surface area contributed by atoms with Crippen LogP contribution in [0.25, 0.3) is 10.6 Å². The van der Waals surface area contributed by atoms with Gasteiger partial charge in [-0.2, -0.15) is 5.26 Å². The third-order valence-electron chi connectivity index (χ3n) is 3.17. The van der Waals surface area contributed by atoms with Crippen molar-refractivity contribution in [3.05, 3.63) is 59.1 Å². The molecule has 0 radical (unpaired) electrons. The van der Waals surface area contributed by atoms with Crippen LogP contribution in [-0.2, 0) is 10.0 Å². The Morgan fingerprint density at radius 2 is 1.96 bits per heavy atom. The Hall–Kier alpha value is -2.70. The largest absolute Gasteiger partial charge is 0.359 e. The zero-order valence-electron chi connectivity index (χ0n) is 11.9. The van der Waals surface area contributed by atoms with Gasteiger partial charge in [0.05, 0.1) is 27.9 Å². The molecule has 2 aromatic heterocycles. The van der Waals surface area contributed by atoms with Gasteiger partial charge in [0.15, 0.2) is 0 Å². The summed E-state index contributed by atoms with van der Waals surface area (Å²) >= 11 is 1.13.